The lowest BCUT2D eigenvalue weighted by Crippen LogP contribution is -1.98. The quantitative estimate of drug-likeness (QED) is 0.200. The molecule has 0 aliphatic carbocycles. The summed E-state index contributed by atoms with van der Waals surface area (Å²) < 4.78 is 4.77. The zero-order valence-electron chi connectivity index (χ0n) is 22.9. The summed E-state index contributed by atoms with van der Waals surface area (Å²) in [5.74, 6) is 0. The molecule has 0 spiro atoms. The van der Waals surface area contributed by atoms with Gasteiger partial charge >= 0.3 is 0 Å². The van der Waals surface area contributed by atoms with Crippen molar-refractivity contribution in [2.75, 3.05) is 0 Å². The highest BCUT2D eigenvalue weighted by molar-refractivity contribution is 6.18. The average Bonchev–Trinajstić information content (AvgIpc) is 3.63. The molecule has 42 heavy (non-hydrogen) atoms. The Hall–Kier alpha value is -5.60. The minimum atomic E-state index is 1.15. The predicted octanol–water partition coefficient (Wildman–Crippen LogP) is 10.7. The predicted molar refractivity (Wildman–Crippen MR) is 178 cm³/mol. The van der Waals surface area contributed by atoms with Crippen molar-refractivity contribution in [1.29, 1.82) is 0 Å². The fourth-order valence-electron chi connectivity index (χ4n) is 6.69. The van der Waals surface area contributed by atoms with Gasteiger partial charge in [-0.15, -0.1) is 0 Å². The van der Waals surface area contributed by atoms with Crippen molar-refractivity contribution in [3.63, 3.8) is 0 Å². The van der Waals surface area contributed by atoms with Gasteiger partial charge in [0.15, 0.2) is 0 Å². The lowest BCUT2D eigenvalue weighted by atomic mass is 9.98. The molecule has 9 aromatic rings. The normalized spacial score (nSPS) is 11.8. The van der Waals surface area contributed by atoms with Crippen LogP contribution in [0.25, 0.3) is 76.8 Å². The molecule has 9 rings (SSSR count). The van der Waals surface area contributed by atoms with Gasteiger partial charge in [0.2, 0.25) is 0 Å². The first kappa shape index (κ1) is 23.1. The number of para-hydroxylation sites is 2. The van der Waals surface area contributed by atoms with Crippen molar-refractivity contribution in [3.05, 3.63) is 158 Å². The van der Waals surface area contributed by atoms with E-state index in [2.05, 4.69) is 167 Å². The van der Waals surface area contributed by atoms with Crippen molar-refractivity contribution in [2.45, 2.75) is 0 Å². The Kier molecular flexibility index (Phi) is 4.93. The number of rotatable bonds is 3. The molecule has 0 saturated carbocycles. The Morgan fingerprint density at radius 1 is 0.357 bits per heavy atom. The van der Waals surface area contributed by atoms with Gasteiger partial charge in [0.05, 0.1) is 16.6 Å². The van der Waals surface area contributed by atoms with Crippen LogP contribution in [0, 0.1) is 0 Å². The molecule has 0 fully saturated rings. The molecule has 2 heteroatoms. The molecular weight excluding hydrogens is 508 g/mol. The van der Waals surface area contributed by atoms with E-state index in [9.17, 15) is 0 Å². The molecule has 196 valence electrons. The average molecular weight is 535 g/mol. The molecule has 0 aliphatic heterocycles. The van der Waals surface area contributed by atoms with Crippen molar-refractivity contribution in [3.8, 4) is 22.5 Å². The van der Waals surface area contributed by atoms with Crippen LogP contribution in [0.1, 0.15) is 0 Å². The highest BCUT2D eigenvalue weighted by Crippen LogP contribution is 2.38. The van der Waals surface area contributed by atoms with Gasteiger partial charge in [-0.05, 0) is 87.3 Å². The van der Waals surface area contributed by atoms with E-state index in [1.54, 1.807) is 0 Å². The lowest BCUT2D eigenvalue weighted by Gasteiger charge is -2.13. The molecule has 7 aromatic carbocycles. The maximum absolute atomic E-state index is 2.42. The maximum Gasteiger partial charge on any atom is 0.0788 e. The molecule has 0 aliphatic rings. The highest BCUT2D eigenvalue weighted by Gasteiger charge is 2.17. The van der Waals surface area contributed by atoms with E-state index in [4.69, 9.17) is 0 Å². The van der Waals surface area contributed by atoms with E-state index in [0.29, 0.717) is 0 Å². The fourth-order valence-corrected chi connectivity index (χ4v) is 6.69. The van der Waals surface area contributed by atoms with Crippen LogP contribution in [0.5, 0.6) is 0 Å². The maximum atomic E-state index is 2.42. The molecule has 2 heterocycles. The molecule has 0 N–H and O–H groups in total. The first-order chi connectivity index (χ1) is 20.8. The summed E-state index contributed by atoms with van der Waals surface area (Å²) in [7, 11) is 0. The number of hydrogen-bond acceptors (Lipinski definition) is 0. The van der Waals surface area contributed by atoms with E-state index < -0.39 is 0 Å². The fraction of sp³-hybridized carbons (Fsp3) is 0. The highest BCUT2D eigenvalue weighted by atomic mass is 15.0. The Labute approximate surface area is 243 Å². The Bertz CT molecular complexity index is 2460. The second-order valence-corrected chi connectivity index (χ2v) is 11.1. The van der Waals surface area contributed by atoms with Gasteiger partial charge < -0.3 is 9.13 Å². The Morgan fingerprint density at radius 2 is 1.05 bits per heavy atom. The van der Waals surface area contributed by atoms with Crippen LogP contribution in [-0.2, 0) is 0 Å². The molecule has 2 nitrogen and oxygen atoms in total. The number of nitrogens with zero attached hydrogens (tertiary/aromatic N) is 2. The third-order valence-electron chi connectivity index (χ3n) is 8.66. The second kappa shape index (κ2) is 8.95. The van der Waals surface area contributed by atoms with Gasteiger partial charge in [0.25, 0.3) is 0 Å². The van der Waals surface area contributed by atoms with Gasteiger partial charge in [-0.2, -0.15) is 0 Å². The number of benzene rings is 7. The summed E-state index contributed by atoms with van der Waals surface area (Å²) in [4.78, 5) is 0. The molecule has 0 saturated heterocycles. The van der Waals surface area contributed by atoms with Gasteiger partial charge in [0.1, 0.15) is 0 Å². The second-order valence-electron chi connectivity index (χ2n) is 11.1. The molecule has 0 radical (unpaired) electrons. The van der Waals surface area contributed by atoms with Gasteiger partial charge in [-0.3, -0.25) is 0 Å². The molecule has 0 bridgehead atoms. The van der Waals surface area contributed by atoms with Gasteiger partial charge in [-0.1, -0.05) is 97.1 Å². The van der Waals surface area contributed by atoms with Gasteiger partial charge in [0, 0.05) is 33.7 Å². The van der Waals surface area contributed by atoms with Crippen LogP contribution in [0.3, 0.4) is 0 Å². The van der Waals surface area contributed by atoms with Crippen molar-refractivity contribution in [1.82, 2.24) is 9.13 Å². The van der Waals surface area contributed by atoms with Crippen LogP contribution in [-0.4, -0.2) is 9.13 Å². The summed E-state index contributed by atoms with van der Waals surface area (Å²) in [6.45, 7) is 0. The molecule has 0 unspecified atom stereocenters. The van der Waals surface area contributed by atoms with Crippen molar-refractivity contribution < 1.29 is 0 Å². The lowest BCUT2D eigenvalue weighted by molar-refractivity contribution is 1.12. The summed E-state index contributed by atoms with van der Waals surface area (Å²) in [5.41, 5.74) is 8.42. The summed E-state index contributed by atoms with van der Waals surface area (Å²) >= 11 is 0. The van der Waals surface area contributed by atoms with Crippen LogP contribution < -0.4 is 0 Å². The Morgan fingerprint density at radius 3 is 1.93 bits per heavy atom. The van der Waals surface area contributed by atoms with Crippen molar-refractivity contribution >= 4 is 54.3 Å². The minimum absolute atomic E-state index is 1.15. The first-order valence-corrected chi connectivity index (χ1v) is 14.4. The summed E-state index contributed by atoms with van der Waals surface area (Å²) in [6, 6.07) is 55.1. The summed E-state index contributed by atoms with van der Waals surface area (Å²) in [5, 5.41) is 8.83. The number of fused-ring (bicyclic) bond motifs is 7. The minimum Gasteiger partial charge on any atom is -0.315 e. The molecular formula is C40H26N2. The van der Waals surface area contributed by atoms with Crippen LogP contribution in [0.4, 0.5) is 0 Å². The topological polar surface area (TPSA) is 9.86 Å². The third-order valence-corrected chi connectivity index (χ3v) is 8.66. The van der Waals surface area contributed by atoms with E-state index in [-0.39, 0.29) is 0 Å². The van der Waals surface area contributed by atoms with E-state index in [0.717, 1.165) is 5.69 Å². The van der Waals surface area contributed by atoms with E-state index in [1.807, 2.05) is 0 Å². The van der Waals surface area contributed by atoms with E-state index >= 15 is 0 Å². The Balaban J connectivity index is 1.27. The van der Waals surface area contributed by atoms with Gasteiger partial charge in [-0.25, -0.2) is 0 Å². The zero-order valence-corrected chi connectivity index (χ0v) is 22.9. The van der Waals surface area contributed by atoms with Crippen LogP contribution >= 0.6 is 0 Å². The molecule has 0 amide bonds. The standard InChI is InChI=1S/C40H26N2/c1-2-12-34(13-3-1)42-38-16-7-6-15-36(38)37-20-19-27-21-22-41(39(27)40(37)42)35-14-8-11-30(26-35)31-17-18-32-23-28-9-4-5-10-29(28)24-33(32)25-31/h1-26H. The third kappa shape index (κ3) is 3.45. The number of aromatic nitrogens is 2. The molecule has 0 atom stereocenters. The first-order valence-electron chi connectivity index (χ1n) is 14.4. The molecule has 2 aromatic heterocycles. The largest absolute Gasteiger partial charge is 0.315 e. The van der Waals surface area contributed by atoms with Crippen LogP contribution in [0.15, 0.2) is 158 Å². The van der Waals surface area contributed by atoms with E-state index in [1.165, 1.54) is 71.1 Å². The SMILES string of the molecule is c1ccc(-n2c3ccccc3c3ccc4ccn(-c5cccc(-c6ccc7cc8ccccc8cc7c6)c5)c4c32)cc1. The monoisotopic (exact) mass is 534 g/mol. The zero-order chi connectivity index (χ0) is 27.6. The summed E-state index contributed by atoms with van der Waals surface area (Å²) in [6.07, 6.45) is 2.21. The van der Waals surface area contributed by atoms with Crippen LogP contribution in [0.2, 0.25) is 0 Å². The smallest absolute Gasteiger partial charge is 0.0788 e. The number of hydrogen-bond donors (Lipinski definition) is 0. The van der Waals surface area contributed by atoms with Crippen molar-refractivity contribution in [2.24, 2.45) is 0 Å².